The third kappa shape index (κ3) is 7.92. The van der Waals surface area contributed by atoms with Gasteiger partial charge in [0.2, 0.25) is 0 Å². The Morgan fingerprint density at radius 3 is 1.83 bits per heavy atom. The molecule has 2 atom stereocenters. The van der Waals surface area contributed by atoms with Crippen LogP contribution in [0.3, 0.4) is 0 Å². The van der Waals surface area contributed by atoms with Gasteiger partial charge in [-0.25, -0.2) is 9.97 Å². The molecule has 7 nitrogen and oxygen atoms in total. The van der Waals surface area contributed by atoms with Crippen molar-refractivity contribution in [2.75, 3.05) is 6.54 Å². The van der Waals surface area contributed by atoms with Crippen molar-refractivity contribution in [3.05, 3.63) is 72.6 Å². The molecule has 0 amide bonds. The number of nitrogens with two attached hydrogens (primary N) is 1. The van der Waals surface area contributed by atoms with Gasteiger partial charge in [-0.05, 0) is 47.6 Å². The smallest absolute Gasteiger partial charge is 0.131 e. The molecule has 0 bridgehead atoms. The molecular formula is C31H42Cl3N7. The first-order chi connectivity index (χ1) is 18.2. The van der Waals surface area contributed by atoms with E-state index in [9.17, 15) is 0 Å². The predicted octanol–water partition coefficient (Wildman–Crippen LogP) is 7.92. The molecule has 41 heavy (non-hydrogen) atoms. The zero-order chi connectivity index (χ0) is 26.9. The van der Waals surface area contributed by atoms with Crippen LogP contribution in [0.4, 0.5) is 0 Å². The second kappa shape index (κ2) is 14.4. The third-order valence-electron chi connectivity index (χ3n) is 7.26. The molecule has 5 rings (SSSR count). The largest absolute Gasteiger partial charge is 0.387 e. The van der Waals surface area contributed by atoms with E-state index in [2.05, 4.69) is 108 Å². The molecule has 0 radical (unpaired) electrons. The van der Waals surface area contributed by atoms with Gasteiger partial charge >= 0.3 is 0 Å². The van der Waals surface area contributed by atoms with Gasteiger partial charge in [0.1, 0.15) is 17.7 Å². The first-order valence-corrected chi connectivity index (χ1v) is 13.6. The number of aliphatic imine (C=N–C) groups is 1. The molecule has 1 saturated heterocycles. The monoisotopic (exact) mass is 617 g/mol. The lowest BCUT2D eigenvalue weighted by Crippen LogP contribution is -2.30. The molecule has 2 aromatic heterocycles. The molecule has 0 spiro atoms. The van der Waals surface area contributed by atoms with Crippen molar-refractivity contribution >= 4 is 43.1 Å². The van der Waals surface area contributed by atoms with E-state index in [1.54, 1.807) is 0 Å². The lowest BCUT2D eigenvalue weighted by molar-refractivity contribution is 0.483. The number of nitrogens with zero attached hydrogens (tertiary/aromatic N) is 3. The molecule has 0 saturated carbocycles. The van der Waals surface area contributed by atoms with Crippen molar-refractivity contribution in [3.63, 3.8) is 0 Å². The van der Waals surface area contributed by atoms with Gasteiger partial charge in [-0.1, -0.05) is 83.1 Å². The minimum absolute atomic E-state index is 0. The van der Waals surface area contributed by atoms with Crippen molar-refractivity contribution in [1.29, 1.82) is 0 Å². The summed E-state index contributed by atoms with van der Waals surface area (Å²) in [5.74, 6) is 2.78. The van der Waals surface area contributed by atoms with Gasteiger partial charge < -0.3 is 21.0 Å². The van der Waals surface area contributed by atoms with Crippen LogP contribution in [0.25, 0.3) is 33.6 Å². The van der Waals surface area contributed by atoms with Crippen LogP contribution >= 0.6 is 37.2 Å². The summed E-state index contributed by atoms with van der Waals surface area (Å²) in [4.78, 5) is 21.1. The van der Waals surface area contributed by atoms with Crippen LogP contribution in [0.5, 0.6) is 0 Å². The first-order valence-electron chi connectivity index (χ1n) is 13.6. The van der Waals surface area contributed by atoms with E-state index >= 15 is 0 Å². The average molecular weight is 619 g/mol. The van der Waals surface area contributed by atoms with E-state index in [0.29, 0.717) is 11.9 Å². The standard InChI is InChI=1S/C31H39N7.3ClH/c1-19(2)27(38-30(32)31(3,4)5)29-35-18-26(37-29)23-14-10-21(11-15-23)20-8-12-22(13-9-20)25-17-34-28(36-25)24-7-6-16-33-24;;;/h8-15,17-19,24,27,33H,6-7,16H2,1-5H3,(H2,32,38)(H,34,36)(H,35,37);3*1H/t24-,27-;;;/m0.../s1. The van der Waals surface area contributed by atoms with Gasteiger partial charge in [-0.2, -0.15) is 0 Å². The quantitative estimate of drug-likeness (QED) is 0.125. The predicted molar refractivity (Wildman–Crippen MR) is 177 cm³/mol. The van der Waals surface area contributed by atoms with Crippen LogP contribution < -0.4 is 11.1 Å². The Morgan fingerprint density at radius 2 is 1.34 bits per heavy atom. The molecule has 1 fully saturated rings. The van der Waals surface area contributed by atoms with Crippen molar-refractivity contribution in [2.24, 2.45) is 22.1 Å². The van der Waals surface area contributed by atoms with Crippen molar-refractivity contribution in [2.45, 2.75) is 59.5 Å². The molecule has 1 aliphatic heterocycles. The summed E-state index contributed by atoms with van der Waals surface area (Å²) < 4.78 is 0. The summed E-state index contributed by atoms with van der Waals surface area (Å²) in [7, 11) is 0. The minimum Gasteiger partial charge on any atom is -0.387 e. The Labute approximate surface area is 261 Å². The molecular weight excluding hydrogens is 577 g/mol. The number of hydrogen-bond donors (Lipinski definition) is 4. The zero-order valence-electron chi connectivity index (χ0n) is 24.3. The maximum atomic E-state index is 6.29. The molecule has 3 heterocycles. The van der Waals surface area contributed by atoms with Gasteiger partial charge in [0, 0.05) is 5.41 Å². The van der Waals surface area contributed by atoms with Crippen LogP contribution in [-0.4, -0.2) is 32.3 Å². The third-order valence-corrected chi connectivity index (χ3v) is 7.26. The Morgan fingerprint density at radius 1 is 0.829 bits per heavy atom. The molecule has 1 aliphatic rings. The van der Waals surface area contributed by atoms with Crippen LogP contribution in [0, 0.1) is 11.3 Å². The fourth-order valence-electron chi connectivity index (χ4n) is 4.77. The summed E-state index contributed by atoms with van der Waals surface area (Å²) in [6, 6.07) is 17.4. The Bertz CT molecular complexity index is 1390. The molecule has 0 aliphatic carbocycles. The van der Waals surface area contributed by atoms with E-state index in [0.717, 1.165) is 47.1 Å². The average Bonchev–Trinajstić information content (AvgIpc) is 3.68. The fraction of sp³-hybridized carbons (Fsp3) is 0.387. The van der Waals surface area contributed by atoms with Crippen molar-refractivity contribution < 1.29 is 0 Å². The maximum absolute atomic E-state index is 6.29. The van der Waals surface area contributed by atoms with Crippen molar-refractivity contribution in [1.82, 2.24) is 25.3 Å². The highest BCUT2D eigenvalue weighted by atomic mass is 35.5. The second-order valence-electron chi connectivity index (χ2n) is 11.6. The van der Waals surface area contributed by atoms with Gasteiger partial charge in [-0.3, -0.25) is 4.99 Å². The molecule has 10 heteroatoms. The molecule has 2 aromatic carbocycles. The number of aromatic amines is 2. The summed E-state index contributed by atoms with van der Waals surface area (Å²) in [5, 5.41) is 3.50. The first kappa shape index (κ1) is 34.4. The second-order valence-corrected chi connectivity index (χ2v) is 11.6. The highest BCUT2D eigenvalue weighted by Gasteiger charge is 2.23. The summed E-state index contributed by atoms with van der Waals surface area (Å²) in [5.41, 5.74) is 12.7. The van der Waals surface area contributed by atoms with E-state index in [1.807, 2.05) is 12.4 Å². The van der Waals surface area contributed by atoms with Gasteiger partial charge in [-0.15, -0.1) is 37.2 Å². The highest BCUT2D eigenvalue weighted by molar-refractivity contribution is 5.86. The number of rotatable bonds is 7. The molecule has 0 unspecified atom stereocenters. The Kier molecular flexibility index (Phi) is 12.0. The maximum Gasteiger partial charge on any atom is 0.131 e. The number of imidazole rings is 2. The van der Waals surface area contributed by atoms with Crippen molar-refractivity contribution in [3.8, 4) is 33.6 Å². The highest BCUT2D eigenvalue weighted by Crippen LogP contribution is 2.30. The number of aromatic nitrogens is 4. The number of benzene rings is 2. The van der Waals surface area contributed by atoms with Gasteiger partial charge in [0.25, 0.3) is 0 Å². The minimum atomic E-state index is -0.176. The molecule has 4 aromatic rings. The number of nitrogens with one attached hydrogen (secondary N) is 3. The summed E-state index contributed by atoms with van der Waals surface area (Å²) >= 11 is 0. The zero-order valence-corrected chi connectivity index (χ0v) is 26.7. The Hall–Kier alpha value is -2.84. The van der Waals surface area contributed by atoms with Gasteiger partial charge in [0.15, 0.2) is 0 Å². The topological polar surface area (TPSA) is 108 Å². The molecule has 222 valence electrons. The number of amidine groups is 1. The summed E-state index contributed by atoms with van der Waals surface area (Å²) in [6.07, 6.45) is 6.16. The lowest BCUT2D eigenvalue weighted by Gasteiger charge is -2.22. The van der Waals surface area contributed by atoms with Gasteiger partial charge in [0.05, 0.1) is 35.7 Å². The van der Waals surface area contributed by atoms with E-state index in [1.165, 1.54) is 17.5 Å². The Balaban J connectivity index is 0.00000196. The van der Waals surface area contributed by atoms with E-state index in [-0.39, 0.29) is 54.6 Å². The fourth-order valence-corrected chi connectivity index (χ4v) is 4.77. The normalized spacial score (nSPS) is 16.0. The van der Waals surface area contributed by atoms with Crippen LogP contribution in [0.1, 0.15) is 71.2 Å². The SMILES string of the molecule is CC(C)[C@H](N=C(N)C(C)(C)C)c1ncc(-c2ccc(-c3ccc(-c4cnc([C@@H]5CCCN5)[nH]4)cc3)cc2)[nH]1.Cl.Cl.Cl. The van der Waals surface area contributed by atoms with Crippen LogP contribution in [-0.2, 0) is 0 Å². The van der Waals surface area contributed by atoms with E-state index in [4.69, 9.17) is 10.7 Å². The lowest BCUT2D eigenvalue weighted by atomic mass is 9.94. The number of hydrogen-bond acceptors (Lipinski definition) is 4. The number of halogens is 3. The van der Waals surface area contributed by atoms with Crippen LogP contribution in [0.15, 0.2) is 65.9 Å². The summed E-state index contributed by atoms with van der Waals surface area (Å²) in [6.45, 7) is 11.6. The molecule has 5 N–H and O–H groups in total. The number of H-pyrrole nitrogens is 2. The van der Waals surface area contributed by atoms with E-state index < -0.39 is 0 Å². The van der Waals surface area contributed by atoms with Crippen LogP contribution in [0.2, 0.25) is 0 Å².